The number of allylic oxidation sites excluding steroid dienone is 2. The first-order valence-electron chi connectivity index (χ1n) is 14.3. The minimum Gasteiger partial charge on any atom is -0.511 e. The number of aryl methyl sites for hydroxylation is 2. The van der Waals surface area contributed by atoms with E-state index in [4.69, 9.17) is 5.26 Å². The molecule has 0 spiro atoms. The van der Waals surface area contributed by atoms with Crippen LogP contribution in [0, 0.1) is 42.1 Å². The standard InChI is InChI=1S/C27H18N3.C11H20O2.Ir/c1-17-11-18(2)13-22(12-17)27-26-8-5-20-14-19(21-3-6-23(15-28)30-16-21)4-7-24(20)25(26)9-10-29-27;1-10(2,3)8(12)7-9(13)11(4,5)6;/h3-12,14,16H,1-2H3;7,12H,1-6H3;/q-1;;/p+1/b;8-7-;. The van der Waals surface area contributed by atoms with Crippen LogP contribution in [0.2, 0.25) is 0 Å². The summed E-state index contributed by atoms with van der Waals surface area (Å²) in [6.07, 6.45) is 5.07. The van der Waals surface area contributed by atoms with E-state index in [1.54, 1.807) is 12.3 Å². The fourth-order valence-electron chi connectivity index (χ4n) is 4.61. The van der Waals surface area contributed by atoms with Gasteiger partial charge in [-0.3, -0.25) is 4.79 Å². The van der Waals surface area contributed by atoms with E-state index in [0.717, 1.165) is 38.7 Å². The molecule has 5 aromatic rings. The number of fused-ring (bicyclic) bond motifs is 3. The van der Waals surface area contributed by atoms with Crippen molar-refractivity contribution in [1.82, 2.24) is 9.97 Å². The molecule has 2 heterocycles. The molecule has 5 rings (SSSR count). The van der Waals surface area contributed by atoms with Crippen LogP contribution < -0.4 is 0 Å². The maximum Gasteiger partial charge on any atom is 0.325 e. The van der Waals surface area contributed by atoms with E-state index >= 15 is 0 Å². The number of benzene rings is 3. The van der Waals surface area contributed by atoms with Crippen molar-refractivity contribution >= 4 is 27.3 Å². The molecular formula is C38H39IrN3O2. The summed E-state index contributed by atoms with van der Waals surface area (Å²) in [6.45, 7) is 15.6. The molecule has 0 amide bonds. The number of aromatic nitrogens is 2. The predicted octanol–water partition coefficient (Wildman–Crippen LogP) is 9.47. The summed E-state index contributed by atoms with van der Waals surface area (Å²) < 4.78 is 0. The Balaban J connectivity index is 0.000000324. The molecule has 0 unspecified atom stereocenters. The second kappa shape index (κ2) is 13.6. The average Bonchev–Trinajstić information content (AvgIpc) is 2.95. The summed E-state index contributed by atoms with van der Waals surface area (Å²) in [4.78, 5) is 18.5. The SMILES string of the molecule is CC(C)(C)C(=[OH+])/C=C(\O)C(C)(C)C.Cc1[c-]c(-c2nccc3c2ccc2cc(-c4ccc(C#N)nc4)ccc23)cc(C)c1.[Ir]. The molecule has 0 fully saturated rings. The van der Waals surface area contributed by atoms with Gasteiger partial charge in [0.2, 0.25) is 0 Å². The van der Waals surface area contributed by atoms with Crippen LogP contribution in [0.3, 0.4) is 0 Å². The van der Waals surface area contributed by atoms with Crippen LogP contribution >= 0.6 is 0 Å². The zero-order chi connectivity index (χ0) is 31.5. The van der Waals surface area contributed by atoms with Gasteiger partial charge in [-0.25, -0.2) is 4.98 Å². The molecule has 0 saturated heterocycles. The predicted molar refractivity (Wildman–Crippen MR) is 178 cm³/mol. The first-order valence-corrected chi connectivity index (χ1v) is 14.3. The maximum atomic E-state index is 9.60. The van der Waals surface area contributed by atoms with Crippen LogP contribution in [0.15, 0.2) is 84.9 Å². The number of hydrogen-bond donors (Lipinski definition) is 1. The zero-order valence-electron chi connectivity index (χ0n) is 26.6. The van der Waals surface area contributed by atoms with Crippen molar-refractivity contribution in [2.75, 3.05) is 0 Å². The van der Waals surface area contributed by atoms with Crippen molar-refractivity contribution < 1.29 is 30.0 Å². The van der Waals surface area contributed by atoms with E-state index in [0.29, 0.717) is 5.69 Å². The fraction of sp³-hybridized carbons (Fsp3) is 0.263. The summed E-state index contributed by atoms with van der Waals surface area (Å²) in [5, 5.41) is 23.2. The molecular weight excluding hydrogens is 723 g/mol. The largest absolute Gasteiger partial charge is 0.511 e. The molecule has 5 nitrogen and oxygen atoms in total. The van der Waals surface area contributed by atoms with E-state index in [9.17, 15) is 9.90 Å². The van der Waals surface area contributed by atoms with E-state index in [1.165, 1.54) is 22.4 Å². The van der Waals surface area contributed by atoms with Crippen molar-refractivity contribution in [3.8, 4) is 28.5 Å². The van der Waals surface area contributed by atoms with Crippen LogP contribution in [0.25, 0.3) is 43.9 Å². The molecule has 2 aromatic heterocycles. The molecule has 0 aliphatic rings. The van der Waals surface area contributed by atoms with Crippen molar-refractivity contribution in [2.24, 2.45) is 10.8 Å². The summed E-state index contributed by atoms with van der Waals surface area (Å²) >= 11 is 0. The summed E-state index contributed by atoms with van der Waals surface area (Å²) in [5.41, 5.74) is 6.20. The Morgan fingerprint density at radius 2 is 1.52 bits per heavy atom. The van der Waals surface area contributed by atoms with Gasteiger partial charge in [-0.05, 0) is 77.8 Å². The smallest absolute Gasteiger partial charge is 0.325 e. The molecule has 227 valence electrons. The molecule has 44 heavy (non-hydrogen) atoms. The molecule has 0 aliphatic carbocycles. The number of nitrogens with zero attached hydrogens (tertiary/aromatic N) is 3. The molecule has 0 saturated carbocycles. The fourth-order valence-corrected chi connectivity index (χ4v) is 4.61. The molecule has 0 aliphatic heterocycles. The van der Waals surface area contributed by atoms with Crippen molar-refractivity contribution in [2.45, 2.75) is 55.4 Å². The minimum atomic E-state index is -0.306. The van der Waals surface area contributed by atoms with Crippen LogP contribution in [-0.2, 0) is 20.1 Å². The number of aliphatic hydroxyl groups is 1. The van der Waals surface area contributed by atoms with Crippen LogP contribution in [-0.4, -0.2) is 25.7 Å². The zero-order valence-corrected chi connectivity index (χ0v) is 29.0. The molecule has 1 radical (unpaired) electrons. The Bertz CT molecular complexity index is 1870. The summed E-state index contributed by atoms with van der Waals surface area (Å²) in [5.74, 6) is 0.417. The number of carbonyl (C=O) groups excluding carboxylic acids is 1. The minimum absolute atomic E-state index is 0. The van der Waals surface area contributed by atoms with Crippen molar-refractivity contribution in [3.63, 3.8) is 0 Å². The Kier molecular flexibility index (Phi) is 10.6. The number of hydrogen-bond acceptors (Lipinski definition) is 4. The maximum absolute atomic E-state index is 9.60. The monoisotopic (exact) mass is 762 g/mol. The van der Waals surface area contributed by atoms with Gasteiger partial charge in [-0.2, -0.15) is 5.26 Å². The van der Waals surface area contributed by atoms with E-state index in [2.05, 4.69) is 84.5 Å². The van der Waals surface area contributed by atoms with Crippen molar-refractivity contribution in [3.05, 3.63) is 108 Å². The Morgan fingerprint density at radius 1 is 0.841 bits per heavy atom. The first kappa shape index (κ1) is 34.3. The van der Waals surface area contributed by atoms with Gasteiger partial charge in [0.15, 0.2) is 0 Å². The Morgan fingerprint density at radius 3 is 2.11 bits per heavy atom. The van der Waals surface area contributed by atoms with E-state index in [-0.39, 0.29) is 42.5 Å². The number of ketones is 1. The van der Waals surface area contributed by atoms with Crippen LogP contribution in [0.4, 0.5) is 0 Å². The van der Waals surface area contributed by atoms with Gasteiger partial charge in [-0.1, -0.05) is 58.9 Å². The van der Waals surface area contributed by atoms with Gasteiger partial charge in [-0.15, -0.1) is 34.9 Å². The first-order chi connectivity index (χ1) is 20.2. The normalized spacial score (nSPS) is 11.8. The van der Waals surface area contributed by atoms with Gasteiger partial charge in [0, 0.05) is 43.5 Å². The topological polar surface area (TPSA) is 91.2 Å². The molecule has 3 aromatic carbocycles. The second-order valence-corrected chi connectivity index (χ2v) is 13.0. The Hall–Kier alpha value is -4.17. The van der Waals surface area contributed by atoms with Crippen LogP contribution in [0.1, 0.15) is 58.4 Å². The molecule has 0 bridgehead atoms. The summed E-state index contributed by atoms with van der Waals surface area (Å²) in [6, 6.07) is 26.3. The van der Waals surface area contributed by atoms with Gasteiger partial charge >= 0.3 is 5.78 Å². The Labute approximate surface area is 274 Å². The van der Waals surface area contributed by atoms with Gasteiger partial charge in [0.25, 0.3) is 0 Å². The van der Waals surface area contributed by atoms with Crippen LogP contribution in [0.5, 0.6) is 0 Å². The van der Waals surface area contributed by atoms with Gasteiger partial charge < -0.3 is 10.1 Å². The number of aliphatic hydroxyl groups excluding tert-OH is 1. The van der Waals surface area contributed by atoms with E-state index in [1.807, 2.05) is 53.8 Å². The number of nitriles is 1. The summed E-state index contributed by atoms with van der Waals surface area (Å²) in [7, 11) is 0. The average molecular weight is 762 g/mol. The van der Waals surface area contributed by atoms with Crippen molar-refractivity contribution in [1.29, 1.82) is 5.26 Å². The number of rotatable bonds is 3. The number of pyridine rings is 2. The van der Waals surface area contributed by atoms with E-state index < -0.39 is 0 Å². The molecule has 6 heteroatoms. The molecule has 2 N–H and O–H groups in total. The third-order valence-electron chi connectivity index (χ3n) is 7.19. The third-order valence-corrected chi connectivity index (χ3v) is 7.19. The molecule has 0 atom stereocenters. The van der Waals surface area contributed by atoms with Gasteiger partial charge in [0.05, 0.1) is 11.5 Å². The van der Waals surface area contributed by atoms with Gasteiger partial charge in [0.1, 0.15) is 17.5 Å². The second-order valence-electron chi connectivity index (χ2n) is 13.0. The quantitative estimate of drug-likeness (QED) is 0.0652. The third kappa shape index (κ3) is 8.05.